The minimum atomic E-state index is -3.54. The van der Waals surface area contributed by atoms with E-state index in [1.807, 2.05) is 0 Å². The fourth-order valence-electron chi connectivity index (χ4n) is 2.66. The third-order valence-electron chi connectivity index (χ3n) is 4.07. The first-order chi connectivity index (χ1) is 9.44. The Morgan fingerprint density at radius 2 is 2.15 bits per heavy atom. The van der Waals surface area contributed by atoms with Crippen molar-refractivity contribution < 1.29 is 13.5 Å². The Bertz CT molecular complexity index is 574. The van der Waals surface area contributed by atoms with Crippen molar-refractivity contribution in [2.75, 3.05) is 6.54 Å². The monoisotopic (exact) mass is 317 g/mol. The first-order valence-electron chi connectivity index (χ1n) is 6.83. The second-order valence-corrected chi connectivity index (χ2v) is 7.61. The molecule has 6 heteroatoms. The second-order valence-electron chi connectivity index (χ2n) is 5.43. The Labute approximate surface area is 125 Å². The molecule has 0 radical (unpaired) electrons. The molecule has 2 N–H and O–H groups in total. The summed E-state index contributed by atoms with van der Waals surface area (Å²) in [6, 6.07) is 4.38. The van der Waals surface area contributed by atoms with Crippen molar-refractivity contribution in [2.45, 2.75) is 37.7 Å². The summed E-state index contributed by atoms with van der Waals surface area (Å²) < 4.78 is 27.1. The van der Waals surface area contributed by atoms with E-state index in [-0.39, 0.29) is 11.5 Å². The van der Waals surface area contributed by atoms with Gasteiger partial charge in [-0.3, -0.25) is 0 Å². The fraction of sp³-hybridized carbons (Fsp3) is 0.571. The first-order valence-corrected chi connectivity index (χ1v) is 8.69. The van der Waals surface area contributed by atoms with Gasteiger partial charge in [-0.05, 0) is 42.0 Å². The minimum Gasteiger partial charge on any atom is -0.392 e. The molecule has 0 spiro atoms. The van der Waals surface area contributed by atoms with Crippen LogP contribution in [0.3, 0.4) is 0 Å². The maximum absolute atomic E-state index is 12.2. The van der Waals surface area contributed by atoms with E-state index in [4.69, 9.17) is 16.7 Å². The zero-order valence-electron chi connectivity index (χ0n) is 11.5. The van der Waals surface area contributed by atoms with E-state index < -0.39 is 10.0 Å². The first kappa shape index (κ1) is 15.8. The standard InChI is InChI=1S/C14H20ClNO3S/c1-10-3-2-4-11(10)8-16-20(18,19)13-5-6-14(15)12(7-13)9-17/h5-7,10-11,16-17H,2-4,8-9H2,1H3. The fourth-order valence-corrected chi connectivity index (χ4v) is 3.99. The van der Waals surface area contributed by atoms with Crippen molar-refractivity contribution >= 4 is 21.6 Å². The highest BCUT2D eigenvalue weighted by molar-refractivity contribution is 7.89. The van der Waals surface area contributed by atoms with Gasteiger partial charge >= 0.3 is 0 Å². The van der Waals surface area contributed by atoms with Gasteiger partial charge in [0.25, 0.3) is 0 Å². The normalized spacial score (nSPS) is 23.1. The molecule has 0 aromatic heterocycles. The second kappa shape index (κ2) is 6.43. The molecule has 0 amide bonds. The third kappa shape index (κ3) is 3.52. The summed E-state index contributed by atoms with van der Waals surface area (Å²) in [4.78, 5) is 0.150. The van der Waals surface area contributed by atoms with Gasteiger partial charge in [0.15, 0.2) is 0 Å². The quantitative estimate of drug-likeness (QED) is 0.877. The molecule has 20 heavy (non-hydrogen) atoms. The molecule has 2 rings (SSSR count). The molecule has 1 fully saturated rings. The van der Waals surface area contributed by atoms with Crippen LogP contribution >= 0.6 is 11.6 Å². The van der Waals surface area contributed by atoms with Gasteiger partial charge in [0.05, 0.1) is 11.5 Å². The van der Waals surface area contributed by atoms with Gasteiger partial charge < -0.3 is 5.11 Å². The number of halogens is 1. The van der Waals surface area contributed by atoms with Crippen LogP contribution in [-0.2, 0) is 16.6 Å². The molecule has 4 nitrogen and oxygen atoms in total. The van der Waals surface area contributed by atoms with Crippen LogP contribution < -0.4 is 4.72 Å². The van der Waals surface area contributed by atoms with Gasteiger partial charge in [0.2, 0.25) is 10.0 Å². The number of sulfonamides is 1. The average molecular weight is 318 g/mol. The lowest BCUT2D eigenvalue weighted by molar-refractivity contribution is 0.281. The van der Waals surface area contributed by atoms with Crippen LogP contribution in [0, 0.1) is 11.8 Å². The van der Waals surface area contributed by atoms with E-state index in [0.717, 1.165) is 6.42 Å². The van der Waals surface area contributed by atoms with Crippen LogP contribution in [0.5, 0.6) is 0 Å². The number of nitrogens with one attached hydrogen (secondary N) is 1. The average Bonchev–Trinajstić information content (AvgIpc) is 2.82. The smallest absolute Gasteiger partial charge is 0.240 e. The predicted octanol–water partition coefficient (Wildman–Crippen LogP) is 2.55. The molecular formula is C14H20ClNO3S. The highest BCUT2D eigenvalue weighted by atomic mass is 35.5. The summed E-state index contributed by atoms with van der Waals surface area (Å²) in [5.74, 6) is 0.977. The van der Waals surface area contributed by atoms with E-state index in [9.17, 15) is 8.42 Å². The SMILES string of the molecule is CC1CCCC1CNS(=O)(=O)c1ccc(Cl)c(CO)c1. The van der Waals surface area contributed by atoms with Crippen LogP contribution in [0.25, 0.3) is 0 Å². The Morgan fingerprint density at radius 3 is 2.75 bits per heavy atom. The van der Waals surface area contributed by atoms with Gasteiger partial charge in [0.1, 0.15) is 0 Å². The topological polar surface area (TPSA) is 66.4 Å². The Hall–Kier alpha value is -0.620. The number of hydrogen-bond donors (Lipinski definition) is 2. The molecule has 2 atom stereocenters. The number of rotatable bonds is 5. The molecule has 112 valence electrons. The number of aliphatic hydroxyl groups excluding tert-OH is 1. The Kier molecular flexibility index (Phi) is 5.07. The van der Waals surface area contributed by atoms with Crippen molar-refractivity contribution in [2.24, 2.45) is 11.8 Å². The van der Waals surface area contributed by atoms with E-state index in [0.29, 0.717) is 29.0 Å². The number of aliphatic hydroxyl groups is 1. The lowest BCUT2D eigenvalue weighted by atomic mass is 9.99. The maximum atomic E-state index is 12.2. The van der Waals surface area contributed by atoms with Crippen molar-refractivity contribution in [1.82, 2.24) is 4.72 Å². The Balaban J connectivity index is 2.10. The zero-order chi connectivity index (χ0) is 14.8. The zero-order valence-corrected chi connectivity index (χ0v) is 13.0. The summed E-state index contributed by atoms with van der Waals surface area (Å²) in [6.45, 7) is 2.36. The molecule has 0 saturated heterocycles. The molecule has 1 aliphatic carbocycles. The molecule has 0 heterocycles. The summed E-state index contributed by atoms with van der Waals surface area (Å²) in [6.07, 6.45) is 3.41. The van der Waals surface area contributed by atoms with Gasteiger partial charge in [-0.15, -0.1) is 0 Å². The molecule has 2 unspecified atom stereocenters. The van der Waals surface area contributed by atoms with Gasteiger partial charge in [-0.1, -0.05) is 31.4 Å². The highest BCUT2D eigenvalue weighted by Gasteiger charge is 2.25. The van der Waals surface area contributed by atoms with E-state index in [2.05, 4.69) is 11.6 Å². The Morgan fingerprint density at radius 1 is 1.40 bits per heavy atom. The molecule has 1 aromatic carbocycles. The van der Waals surface area contributed by atoms with E-state index in [1.54, 1.807) is 0 Å². The van der Waals surface area contributed by atoms with Gasteiger partial charge in [-0.2, -0.15) is 0 Å². The summed E-state index contributed by atoms with van der Waals surface area (Å²) in [5, 5.41) is 9.52. The number of hydrogen-bond acceptors (Lipinski definition) is 3. The van der Waals surface area contributed by atoms with Crippen LogP contribution in [0.4, 0.5) is 0 Å². The lowest BCUT2D eigenvalue weighted by Crippen LogP contribution is -2.30. The molecule has 0 aliphatic heterocycles. The van der Waals surface area contributed by atoms with Gasteiger partial charge in [0, 0.05) is 11.6 Å². The summed E-state index contributed by atoms with van der Waals surface area (Å²) in [5.41, 5.74) is 0.420. The van der Waals surface area contributed by atoms with Crippen molar-refractivity contribution in [3.63, 3.8) is 0 Å². The summed E-state index contributed by atoms with van der Waals surface area (Å²) >= 11 is 5.87. The third-order valence-corrected chi connectivity index (χ3v) is 5.86. The van der Waals surface area contributed by atoms with Gasteiger partial charge in [-0.25, -0.2) is 13.1 Å². The van der Waals surface area contributed by atoms with E-state index >= 15 is 0 Å². The summed E-state index contributed by atoms with van der Waals surface area (Å²) in [7, 11) is -3.54. The van der Waals surface area contributed by atoms with Crippen LogP contribution in [0.2, 0.25) is 5.02 Å². The minimum absolute atomic E-state index is 0.150. The number of benzene rings is 1. The molecule has 1 aliphatic rings. The van der Waals surface area contributed by atoms with E-state index in [1.165, 1.54) is 31.0 Å². The van der Waals surface area contributed by atoms with Crippen LogP contribution in [-0.4, -0.2) is 20.1 Å². The maximum Gasteiger partial charge on any atom is 0.240 e. The van der Waals surface area contributed by atoms with Crippen molar-refractivity contribution in [3.8, 4) is 0 Å². The molecule has 1 saturated carbocycles. The highest BCUT2D eigenvalue weighted by Crippen LogP contribution is 2.30. The van der Waals surface area contributed by atoms with Crippen LogP contribution in [0.1, 0.15) is 31.7 Å². The largest absolute Gasteiger partial charge is 0.392 e. The van der Waals surface area contributed by atoms with Crippen LogP contribution in [0.15, 0.2) is 23.1 Å². The molecule has 0 bridgehead atoms. The lowest BCUT2D eigenvalue weighted by Gasteiger charge is -2.16. The van der Waals surface area contributed by atoms with Crippen molar-refractivity contribution in [1.29, 1.82) is 0 Å². The molecule has 1 aromatic rings. The molecular weight excluding hydrogens is 298 g/mol. The predicted molar refractivity (Wildman–Crippen MR) is 79.1 cm³/mol. The van der Waals surface area contributed by atoms with Crippen molar-refractivity contribution in [3.05, 3.63) is 28.8 Å².